The van der Waals surface area contributed by atoms with Gasteiger partial charge in [-0.1, -0.05) is 6.92 Å². The molecule has 2 fully saturated rings. The highest BCUT2D eigenvalue weighted by atomic mass is 16.5. The van der Waals surface area contributed by atoms with Gasteiger partial charge in [0, 0.05) is 17.8 Å². The maximum atomic E-state index is 5.95. The maximum absolute atomic E-state index is 5.95. The highest BCUT2D eigenvalue weighted by Crippen LogP contribution is 2.46. The summed E-state index contributed by atoms with van der Waals surface area (Å²) in [7, 11) is 0. The van der Waals surface area contributed by atoms with Crippen molar-refractivity contribution in [2.45, 2.75) is 45.1 Å². The van der Waals surface area contributed by atoms with Crippen LogP contribution in [0, 0.1) is 11.8 Å². The first-order valence-corrected chi connectivity index (χ1v) is 7.56. The van der Waals surface area contributed by atoms with E-state index in [0.717, 1.165) is 42.0 Å². The number of hydrogen-bond donors (Lipinski definition) is 2. The van der Waals surface area contributed by atoms with Gasteiger partial charge in [-0.15, -0.1) is 0 Å². The second-order valence-corrected chi connectivity index (χ2v) is 5.95. The zero-order valence-electron chi connectivity index (χ0n) is 11.7. The minimum Gasteiger partial charge on any atom is -0.491 e. The number of benzene rings is 1. The third-order valence-electron chi connectivity index (χ3n) is 4.07. The zero-order valence-corrected chi connectivity index (χ0v) is 11.7. The van der Waals surface area contributed by atoms with Crippen LogP contribution in [0.5, 0.6) is 5.75 Å². The molecule has 0 spiro atoms. The number of rotatable bonds is 7. The molecule has 2 aliphatic carbocycles. The van der Waals surface area contributed by atoms with Crippen LogP contribution in [-0.2, 0) is 0 Å². The van der Waals surface area contributed by atoms with Crippen molar-refractivity contribution in [3.8, 4) is 5.75 Å². The molecule has 104 valence electrons. The summed E-state index contributed by atoms with van der Waals surface area (Å²) < 4.78 is 5.70. The van der Waals surface area contributed by atoms with E-state index in [1.54, 1.807) is 0 Å². The molecule has 0 aromatic heterocycles. The zero-order chi connectivity index (χ0) is 13.2. The standard InChI is InChI=1S/C16H24N2O/c1-2-9-19-15-10-13(7-8-14(15)17)18-16(11-3-4-11)12-5-6-12/h7-8,10-12,16,18H,2-6,9,17H2,1H3. The van der Waals surface area contributed by atoms with Crippen LogP contribution in [0.3, 0.4) is 0 Å². The first-order valence-electron chi connectivity index (χ1n) is 7.56. The van der Waals surface area contributed by atoms with Gasteiger partial charge in [-0.3, -0.25) is 0 Å². The van der Waals surface area contributed by atoms with E-state index < -0.39 is 0 Å². The van der Waals surface area contributed by atoms with Gasteiger partial charge in [-0.2, -0.15) is 0 Å². The lowest BCUT2D eigenvalue weighted by Crippen LogP contribution is -2.24. The fourth-order valence-corrected chi connectivity index (χ4v) is 2.68. The van der Waals surface area contributed by atoms with Crippen molar-refractivity contribution in [2.75, 3.05) is 17.7 Å². The molecule has 0 aliphatic heterocycles. The molecule has 3 heteroatoms. The fraction of sp³-hybridized carbons (Fsp3) is 0.625. The van der Waals surface area contributed by atoms with Gasteiger partial charge in [0.05, 0.1) is 12.3 Å². The van der Waals surface area contributed by atoms with Crippen LogP contribution >= 0.6 is 0 Å². The quantitative estimate of drug-likeness (QED) is 0.735. The third-order valence-corrected chi connectivity index (χ3v) is 4.07. The lowest BCUT2D eigenvalue weighted by molar-refractivity contribution is 0.319. The van der Waals surface area contributed by atoms with E-state index in [1.807, 2.05) is 6.07 Å². The number of nitrogen functional groups attached to an aromatic ring is 1. The smallest absolute Gasteiger partial charge is 0.144 e. The molecule has 19 heavy (non-hydrogen) atoms. The van der Waals surface area contributed by atoms with Crippen LogP contribution in [0.1, 0.15) is 39.0 Å². The Morgan fingerprint density at radius 3 is 2.53 bits per heavy atom. The number of nitrogens with two attached hydrogens (primary N) is 1. The highest BCUT2D eigenvalue weighted by Gasteiger charge is 2.41. The SMILES string of the molecule is CCCOc1cc(NC(C2CC2)C2CC2)ccc1N. The molecule has 3 nitrogen and oxygen atoms in total. The summed E-state index contributed by atoms with van der Waals surface area (Å²) >= 11 is 0. The van der Waals surface area contributed by atoms with Gasteiger partial charge in [0.25, 0.3) is 0 Å². The Bertz CT molecular complexity index is 426. The Balaban J connectivity index is 1.69. The molecule has 1 aromatic carbocycles. The number of ether oxygens (including phenoxy) is 1. The van der Waals surface area contributed by atoms with Gasteiger partial charge in [-0.25, -0.2) is 0 Å². The first kappa shape index (κ1) is 12.6. The predicted molar refractivity (Wildman–Crippen MR) is 79.5 cm³/mol. The third kappa shape index (κ3) is 3.14. The number of anilines is 2. The molecule has 0 unspecified atom stereocenters. The molecular formula is C16H24N2O. The topological polar surface area (TPSA) is 47.3 Å². The van der Waals surface area contributed by atoms with Crippen molar-refractivity contribution in [3.63, 3.8) is 0 Å². The summed E-state index contributed by atoms with van der Waals surface area (Å²) in [5.41, 5.74) is 7.84. The molecule has 3 N–H and O–H groups in total. The van der Waals surface area contributed by atoms with E-state index in [-0.39, 0.29) is 0 Å². The van der Waals surface area contributed by atoms with Crippen LogP contribution < -0.4 is 15.8 Å². The van der Waals surface area contributed by atoms with Gasteiger partial charge in [0.2, 0.25) is 0 Å². The van der Waals surface area contributed by atoms with Gasteiger partial charge >= 0.3 is 0 Å². The number of nitrogens with one attached hydrogen (secondary N) is 1. The molecule has 3 rings (SSSR count). The molecule has 2 aliphatic rings. The molecule has 0 radical (unpaired) electrons. The van der Waals surface area contributed by atoms with Crippen LogP contribution in [0.15, 0.2) is 18.2 Å². The van der Waals surface area contributed by atoms with Gasteiger partial charge < -0.3 is 15.8 Å². The summed E-state index contributed by atoms with van der Waals surface area (Å²) in [6, 6.07) is 6.75. The molecule has 2 saturated carbocycles. The van der Waals surface area contributed by atoms with E-state index in [2.05, 4.69) is 24.4 Å². The minimum absolute atomic E-state index is 0.669. The lowest BCUT2D eigenvalue weighted by atomic mass is 10.1. The van der Waals surface area contributed by atoms with Crippen molar-refractivity contribution in [3.05, 3.63) is 18.2 Å². The van der Waals surface area contributed by atoms with E-state index in [9.17, 15) is 0 Å². The van der Waals surface area contributed by atoms with Crippen LogP contribution in [0.2, 0.25) is 0 Å². The summed E-state index contributed by atoms with van der Waals surface area (Å²) in [5, 5.41) is 3.71. The van der Waals surface area contributed by atoms with Gasteiger partial charge in [0.15, 0.2) is 0 Å². The van der Waals surface area contributed by atoms with Gasteiger partial charge in [-0.05, 0) is 56.1 Å². The Morgan fingerprint density at radius 1 is 1.26 bits per heavy atom. The summed E-state index contributed by atoms with van der Waals surface area (Å²) in [5.74, 6) is 2.60. The summed E-state index contributed by atoms with van der Waals surface area (Å²) in [6.07, 6.45) is 6.57. The van der Waals surface area contributed by atoms with Crippen molar-refractivity contribution in [1.82, 2.24) is 0 Å². The molecule has 0 heterocycles. The minimum atomic E-state index is 0.669. The largest absolute Gasteiger partial charge is 0.491 e. The summed E-state index contributed by atoms with van der Waals surface area (Å²) in [6.45, 7) is 2.83. The maximum Gasteiger partial charge on any atom is 0.144 e. The fourth-order valence-electron chi connectivity index (χ4n) is 2.68. The van der Waals surface area contributed by atoms with Crippen molar-refractivity contribution < 1.29 is 4.74 Å². The first-order chi connectivity index (χ1) is 9.28. The van der Waals surface area contributed by atoms with E-state index in [0.29, 0.717) is 6.04 Å². The second kappa shape index (κ2) is 5.32. The monoisotopic (exact) mass is 260 g/mol. The number of hydrogen-bond acceptors (Lipinski definition) is 3. The van der Waals surface area contributed by atoms with Crippen LogP contribution in [0.25, 0.3) is 0 Å². The molecule has 0 bridgehead atoms. The van der Waals surface area contributed by atoms with Crippen molar-refractivity contribution in [2.24, 2.45) is 11.8 Å². The van der Waals surface area contributed by atoms with E-state index in [4.69, 9.17) is 10.5 Å². The lowest BCUT2D eigenvalue weighted by Gasteiger charge is -2.20. The molecule has 0 amide bonds. The highest BCUT2D eigenvalue weighted by molar-refractivity contribution is 5.61. The normalized spacial score (nSPS) is 18.6. The predicted octanol–water partition coefficient (Wildman–Crippen LogP) is 3.66. The average molecular weight is 260 g/mol. The Morgan fingerprint density at radius 2 is 1.95 bits per heavy atom. The van der Waals surface area contributed by atoms with Crippen molar-refractivity contribution >= 4 is 11.4 Å². The van der Waals surface area contributed by atoms with Crippen molar-refractivity contribution in [1.29, 1.82) is 0 Å². The van der Waals surface area contributed by atoms with E-state index in [1.165, 1.54) is 25.7 Å². The van der Waals surface area contributed by atoms with E-state index >= 15 is 0 Å². The Labute approximate surface area is 115 Å². The average Bonchev–Trinajstić information content (AvgIpc) is 3.29. The van der Waals surface area contributed by atoms with Crippen LogP contribution in [-0.4, -0.2) is 12.6 Å². The van der Waals surface area contributed by atoms with Crippen LogP contribution in [0.4, 0.5) is 11.4 Å². The Hall–Kier alpha value is -1.38. The van der Waals surface area contributed by atoms with Gasteiger partial charge in [0.1, 0.15) is 5.75 Å². The molecule has 1 aromatic rings. The molecule has 0 saturated heterocycles. The Kier molecular flexibility index (Phi) is 3.54. The molecular weight excluding hydrogens is 236 g/mol. The second-order valence-electron chi connectivity index (χ2n) is 5.95. The summed E-state index contributed by atoms with van der Waals surface area (Å²) in [4.78, 5) is 0. The molecule has 0 atom stereocenters.